The van der Waals surface area contributed by atoms with E-state index in [2.05, 4.69) is 15.3 Å². The number of nitrogens with one attached hydrogen (secondary N) is 1. The van der Waals surface area contributed by atoms with Crippen LogP contribution in [0, 0.1) is 11.6 Å². The zero-order valence-corrected chi connectivity index (χ0v) is 33.0. The van der Waals surface area contributed by atoms with Crippen molar-refractivity contribution in [1.29, 1.82) is 0 Å². The van der Waals surface area contributed by atoms with E-state index >= 15 is 8.78 Å². The van der Waals surface area contributed by atoms with Gasteiger partial charge in [0.15, 0.2) is 10.9 Å². The highest BCUT2D eigenvalue weighted by atomic mass is 35.5. The summed E-state index contributed by atoms with van der Waals surface area (Å²) in [4.78, 5) is 44.6. The summed E-state index contributed by atoms with van der Waals surface area (Å²) in [6.07, 6.45) is -0.389. The molecular weight excluding hydrogens is 766 g/mol. The highest BCUT2D eigenvalue weighted by molar-refractivity contribution is 7.22. The number of benzene rings is 2. The van der Waals surface area contributed by atoms with E-state index in [1.807, 2.05) is 25.7 Å². The van der Waals surface area contributed by atoms with Crippen molar-refractivity contribution in [2.75, 3.05) is 42.9 Å². The predicted molar refractivity (Wildman–Crippen MR) is 202 cm³/mol. The van der Waals surface area contributed by atoms with Gasteiger partial charge in [0.1, 0.15) is 34.5 Å². The molecule has 3 unspecified atom stereocenters. The van der Waals surface area contributed by atoms with Crippen molar-refractivity contribution in [2.45, 2.75) is 96.6 Å². The molecule has 2 aromatic carbocycles. The molecule has 3 saturated heterocycles. The molecule has 2 amide bonds. The predicted octanol–water partition coefficient (Wildman–Crippen LogP) is 8.49. The summed E-state index contributed by atoms with van der Waals surface area (Å²) in [5, 5.41) is 2.78. The molecule has 2 aromatic heterocycles. The van der Waals surface area contributed by atoms with Crippen LogP contribution in [-0.2, 0) is 9.47 Å². The van der Waals surface area contributed by atoms with Crippen LogP contribution < -0.4 is 15.0 Å². The Morgan fingerprint density at radius 1 is 1.00 bits per heavy atom. The molecular formula is C37H42ClF4N7O5S. The van der Waals surface area contributed by atoms with E-state index in [1.54, 1.807) is 32.6 Å². The van der Waals surface area contributed by atoms with E-state index < -0.39 is 60.1 Å². The zero-order chi connectivity index (χ0) is 39.8. The molecule has 2 bridgehead atoms. The number of rotatable bonds is 7. The highest BCUT2D eigenvalue weighted by Crippen LogP contribution is 2.44. The Balaban J connectivity index is 1.28. The largest absolute Gasteiger partial charge is 0.459 e. The molecule has 0 aliphatic carbocycles. The minimum atomic E-state index is -2.76. The Kier molecular flexibility index (Phi) is 9.98. The monoisotopic (exact) mass is 807 g/mol. The van der Waals surface area contributed by atoms with Crippen LogP contribution in [0.1, 0.15) is 61.3 Å². The lowest BCUT2D eigenvalue weighted by Crippen LogP contribution is -2.58. The third-order valence-electron chi connectivity index (χ3n) is 9.33. The van der Waals surface area contributed by atoms with Crippen LogP contribution in [0.4, 0.5) is 38.1 Å². The Hall–Kier alpha value is -4.22. The van der Waals surface area contributed by atoms with Crippen molar-refractivity contribution < 1.29 is 41.4 Å². The lowest BCUT2D eigenvalue weighted by atomic mass is 10.0. The molecule has 4 aromatic rings. The maximum atomic E-state index is 17.1. The molecule has 3 atom stereocenters. The Labute approximate surface area is 324 Å². The van der Waals surface area contributed by atoms with E-state index in [4.69, 9.17) is 30.8 Å². The van der Waals surface area contributed by atoms with Gasteiger partial charge in [-0.25, -0.2) is 32.1 Å². The average Bonchev–Trinajstić information content (AvgIpc) is 3.57. The quantitative estimate of drug-likeness (QED) is 0.182. The summed E-state index contributed by atoms with van der Waals surface area (Å²) in [7, 11) is 0. The van der Waals surface area contributed by atoms with Crippen LogP contribution in [0.15, 0.2) is 18.2 Å². The van der Waals surface area contributed by atoms with Crippen LogP contribution >= 0.6 is 22.9 Å². The Morgan fingerprint density at radius 3 is 2.27 bits per heavy atom. The number of carbonyl (C=O) groups is 2. The molecule has 3 fully saturated rings. The van der Waals surface area contributed by atoms with Crippen LogP contribution in [0.3, 0.4) is 0 Å². The molecule has 18 heteroatoms. The summed E-state index contributed by atoms with van der Waals surface area (Å²) in [6, 6.07) is 3.43. The first-order valence-corrected chi connectivity index (χ1v) is 19.2. The summed E-state index contributed by atoms with van der Waals surface area (Å²) < 4.78 is 76.6. The van der Waals surface area contributed by atoms with Gasteiger partial charge in [0.05, 0.1) is 40.4 Å². The smallest absolute Gasteiger partial charge is 0.413 e. The first kappa shape index (κ1) is 39.0. The number of amides is 2. The number of anilines is 2. The van der Waals surface area contributed by atoms with Gasteiger partial charge in [-0.15, -0.1) is 0 Å². The number of piperazine rings is 1. The lowest BCUT2D eigenvalue weighted by Gasteiger charge is -2.42. The summed E-state index contributed by atoms with van der Waals surface area (Å²) in [5.41, 5.74) is -1.54. The summed E-state index contributed by atoms with van der Waals surface area (Å²) >= 11 is 7.74. The molecule has 0 radical (unpaired) electrons. The van der Waals surface area contributed by atoms with Crippen molar-refractivity contribution in [2.24, 2.45) is 0 Å². The van der Waals surface area contributed by atoms with E-state index in [0.717, 1.165) is 30.2 Å². The zero-order valence-electron chi connectivity index (χ0n) is 31.4. The second kappa shape index (κ2) is 14.1. The number of ether oxygens (including phenoxy) is 3. The van der Waals surface area contributed by atoms with Crippen LogP contribution in [0.5, 0.6) is 6.01 Å². The van der Waals surface area contributed by atoms with E-state index in [9.17, 15) is 18.4 Å². The third kappa shape index (κ3) is 8.19. The SMILES string of the molecule is CC(CN1CC(F)(F)C1)Oc1nc(N2CC3CCC(C2)N3C(=O)OC(C)(C)C)c2cc(Cl)c(-c3ccc(F)c4sc(NC(=O)OC(C)(C)C)nc34)c(F)c2n1. The number of thiazole rings is 1. The van der Waals surface area contributed by atoms with Gasteiger partial charge >= 0.3 is 18.2 Å². The highest BCUT2D eigenvalue weighted by Gasteiger charge is 2.46. The lowest BCUT2D eigenvalue weighted by molar-refractivity contribution is -0.136. The molecule has 7 rings (SSSR count). The van der Waals surface area contributed by atoms with Crippen LogP contribution in [0.25, 0.3) is 32.2 Å². The van der Waals surface area contributed by atoms with E-state index in [0.29, 0.717) is 18.9 Å². The van der Waals surface area contributed by atoms with Crippen molar-refractivity contribution in [1.82, 2.24) is 24.8 Å². The van der Waals surface area contributed by atoms with Crippen LogP contribution in [-0.4, -0.2) is 105 Å². The molecule has 0 saturated carbocycles. The fourth-order valence-electron chi connectivity index (χ4n) is 7.33. The van der Waals surface area contributed by atoms with Crippen molar-refractivity contribution in [3.8, 4) is 17.1 Å². The second-order valence-corrected chi connectivity index (χ2v) is 17.7. The summed E-state index contributed by atoms with van der Waals surface area (Å²) in [6.45, 7) is 12.3. The maximum absolute atomic E-state index is 17.1. The number of halogens is 5. The molecule has 12 nitrogen and oxygen atoms in total. The van der Waals surface area contributed by atoms with Crippen molar-refractivity contribution in [3.05, 3.63) is 34.9 Å². The van der Waals surface area contributed by atoms with Crippen LogP contribution in [0.2, 0.25) is 5.02 Å². The minimum absolute atomic E-state index is 0.0299. The normalized spacial score (nSPS) is 20.4. The first-order valence-electron chi connectivity index (χ1n) is 18.0. The molecule has 5 heterocycles. The first-order chi connectivity index (χ1) is 25.6. The third-order valence-corrected chi connectivity index (χ3v) is 10.6. The fourth-order valence-corrected chi connectivity index (χ4v) is 8.51. The number of hydrogen-bond acceptors (Lipinski definition) is 11. The number of aromatic nitrogens is 3. The van der Waals surface area contributed by atoms with Gasteiger partial charge in [-0.2, -0.15) is 9.97 Å². The average molecular weight is 808 g/mol. The van der Waals surface area contributed by atoms with E-state index in [-0.39, 0.29) is 67.0 Å². The van der Waals surface area contributed by atoms with Crippen molar-refractivity contribution in [3.63, 3.8) is 0 Å². The maximum Gasteiger partial charge on any atom is 0.413 e. The Bertz CT molecular complexity index is 2160. The second-order valence-electron chi connectivity index (χ2n) is 16.3. The van der Waals surface area contributed by atoms with Gasteiger partial charge < -0.3 is 19.1 Å². The number of carbonyl (C=O) groups excluding carboxylic acids is 2. The number of nitrogens with zero attached hydrogens (tertiary/aromatic N) is 6. The van der Waals surface area contributed by atoms with Gasteiger partial charge in [0.2, 0.25) is 0 Å². The molecule has 1 N–H and O–H groups in total. The van der Waals surface area contributed by atoms with Gasteiger partial charge in [-0.3, -0.25) is 15.1 Å². The van der Waals surface area contributed by atoms with Gasteiger partial charge in [-0.05, 0) is 79.5 Å². The van der Waals surface area contributed by atoms with Gasteiger partial charge in [0.25, 0.3) is 5.92 Å². The summed E-state index contributed by atoms with van der Waals surface area (Å²) in [5.74, 6) is -3.94. The molecule has 0 spiro atoms. The Morgan fingerprint density at radius 2 is 1.65 bits per heavy atom. The molecule has 55 heavy (non-hydrogen) atoms. The minimum Gasteiger partial charge on any atom is -0.459 e. The molecule has 3 aliphatic rings. The number of alkyl halides is 2. The number of fused-ring (bicyclic) bond motifs is 4. The van der Waals surface area contributed by atoms with Gasteiger partial charge in [0, 0.05) is 36.1 Å². The topological polar surface area (TPSA) is 122 Å². The molecule has 3 aliphatic heterocycles. The van der Waals surface area contributed by atoms with E-state index in [1.165, 1.54) is 17.0 Å². The molecule has 296 valence electrons. The van der Waals surface area contributed by atoms with Gasteiger partial charge in [-0.1, -0.05) is 22.9 Å². The number of hydrogen-bond donors (Lipinski definition) is 1. The number of likely N-dealkylation sites (tertiary alicyclic amines) is 1. The van der Waals surface area contributed by atoms with Crippen molar-refractivity contribution >= 4 is 67.2 Å². The standard InChI is InChI=1S/C37H42ClF4N7O5S/c1-18(13-47-16-37(41,42)17-47)52-31-43-27-22(30(45-31)48-14-19-8-9-20(15-48)49(19)34(51)54-36(5,6)7)12-23(38)25(26(27)40)21-10-11-24(39)29-28(21)44-32(55-29)46-33(50)53-35(2,3)4/h10-12,18-20H,8-9,13-17H2,1-7H3,(H,44,46,50). The fraction of sp³-hybridized carbons (Fsp3) is 0.541.